The average molecular weight is 423 g/mol. The SMILES string of the molecule is CCNC(=NCc1cc(F)ccc1F)NCCCC1CC1.I. The number of nitrogens with zero attached hydrogens (tertiary/aromatic N) is 1. The molecule has 2 N–H and O–H groups in total. The van der Waals surface area contributed by atoms with Gasteiger partial charge in [-0.2, -0.15) is 0 Å². The molecule has 1 fully saturated rings. The molecule has 1 aromatic carbocycles. The smallest absolute Gasteiger partial charge is 0.191 e. The number of halogens is 3. The van der Waals surface area contributed by atoms with Crippen LogP contribution in [0.2, 0.25) is 0 Å². The van der Waals surface area contributed by atoms with Gasteiger partial charge in [0.2, 0.25) is 0 Å². The molecule has 6 heteroatoms. The van der Waals surface area contributed by atoms with Crippen LogP contribution >= 0.6 is 24.0 Å². The summed E-state index contributed by atoms with van der Waals surface area (Å²) < 4.78 is 26.6. The van der Waals surface area contributed by atoms with Crippen LogP contribution in [0.25, 0.3) is 0 Å². The van der Waals surface area contributed by atoms with Gasteiger partial charge in [0.05, 0.1) is 6.54 Å². The second-order valence-electron chi connectivity index (χ2n) is 5.44. The van der Waals surface area contributed by atoms with Crippen molar-refractivity contribution in [2.45, 2.75) is 39.2 Å². The van der Waals surface area contributed by atoms with E-state index in [1.165, 1.54) is 25.3 Å². The summed E-state index contributed by atoms with van der Waals surface area (Å²) >= 11 is 0. The Morgan fingerprint density at radius 3 is 2.73 bits per heavy atom. The zero-order valence-electron chi connectivity index (χ0n) is 12.9. The van der Waals surface area contributed by atoms with E-state index in [1.807, 2.05) is 6.92 Å². The summed E-state index contributed by atoms with van der Waals surface area (Å²) in [6.45, 7) is 3.69. The van der Waals surface area contributed by atoms with Gasteiger partial charge < -0.3 is 10.6 Å². The highest BCUT2D eigenvalue weighted by atomic mass is 127. The molecule has 0 unspecified atom stereocenters. The van der Waals surface area contributed by atoms with Gasteiger partial charge in [0, 0.05) is 18.7 Å². The van der Waals surface area contributed by atoms with Gasteiger partial charge in [0.1, 0.15) is 11.6 Å². The van der Waals surface area contributed by atoms with Crippen LogP contribution in [0.1, 0.15) is 38.2 Å². The van der Waals surface area contributed by atoms with Gasteiger partial charge in [0.25, 0.3) is 0 Å². The Bertz CT molecular complexity index is 490. The predicted octanol–water partition coefficient (Wildman–Crippen LogP) is 3.83. The molecule has 0 atom stereocenters. The van der Waals surface area contributed by atoms with Gasteiger partial charge in [-0.1, -0.05) is 12.8 Å². The first-order valence-electron chi connectivity index (χ1n) is 7.65. The van der Waals surface area contributed by atoms with Gasteiger partial charge in [-0.15, -0.1) is 24.0 Å². The van der Waals surface area contributed by atoms with Crippen molar-refractivity contribution in [1.29, 1.82) is 0 Å². The Balaban J connectivity index is 0.00000242. The first-order chi connectivity index (χ1) is 10.2. The molecule has 1 aromatic rings. The molecule has 1 aliphatic carbocycles. The minimum Gasteiger partial charge on any atom is -0.357 e. The summed E-state index contributed by atoms with van der Waals surface area (Å²) in [5, 5.41) is 6.34. The number of aliphatic imine (C=N–C) groups is 1. The van der Waals surface area contributed by atoms with Crippen molar-refractivity contribution < 1.29 is 8.78 Å². The highest BCUT2D eigenvalue weighted by Crippen LogP contribution is 2.33. The van der Waals surface area contributed by atoms with Crippen LogP contribution in [0, 0.1) is 17.6 Å². The van der Waals surface area contributed by atoms with Crippen molar-refractivity contribution in [2.24, 2.45) is 10.9 Å². The van der Waals surface area contributed by atoms with Gasteiger partial charge in [-0.3, -0.25) is 0 Å². The maximum atomic E-state index is 13.5. The third kappa shape index (κ3) is 6.89. The number of nitrogens with one attached hydrogen (secondary N) is 2. The molecule has 0 radical (unpaired) electrons. The van der Waals surface area contributed by atoms with Gasteiger partial charge in [-0.05, 0) is 43.9 Å². The van der Waals surface area contributed by atoms with E-state index in [-0.39, 0.29) is 36.1 Å². The van der Waals surface area contributed by atoms with E-state index in [0.29, 0.717) is 5.96 Å². The van der Waals surface area contributed by atoms with E-state index >= 15 is 0 Å². The highest BCUT2D eigenvalue weighted by Gasteiger charge is 2.19. The van der Waals surface area contributed by atoms with E-state index in [9.17, 15) is 8.78 Å². The minimum atomic E-state index is -0.441. The Morgan fingerprint density at radius 2 is 2.05 bits per heavy atom. The molecule has 0 bridgehead atoms. The quantitative estimate of drug-likeness (QED) is 0.303. The molecule has 2 rings (SSSR count). The van der Waals surface area contributed by atoms with E-state index in [2.05, 4.69) is 15.6 Å². The van der Waals surface area contributed by atoms with Crippen LogP contribution in [-0.4, -0.2) is 19.0 Å². The Morgan fingerprint density at radius 1 is 1.27 bits per heavy atom. The molecule has 0 aromatic heterocycles. The topological polar surface area (TPSA) is 36.4 Å². The molecule has 0 spiro atoms. The molecule has 124 valence electrons. The van der Waals surface area contributed by atoms with E-state index in [0.717, 1.165) is 37.6 Å². The number of hydrogen-bond donors (Lipinski definition) is 2. The Labute approximate surface area is 148 Å². The highest BCUT2D eigenvalue weighted by molar-refractivity contribution is 14.0. The summed E-state index contributed by atoms with van der Waals surface area (Å²) in [4.78, 5) is 4.31. The normalized spacial score (nSPS) is 14.4. The number of rotatable bonds is 7. The number of benzene rings is 1. The number of hydrogen-bond acceptors (Lipinski definition) is 1. The fourth-order valence-electron chi connectivity index (χ4n) is 2.17. The summed E-state index contributed by atoms with van der Waals surface area (Å²) in [6, 6.07) is 3.44. The number of guanidine groups is 1. The molecular weight excluding hydrogens is 399 g/mol. The maximum Gasteiger partial charge on any atom is 0.191 e. The van der Waals surface area contributed by atoms with Crippen LogP contribution in [0.5, 0.6) is 0 Å². The van der Waals surface area contributed by atoms with Crippen molar-refractivity contribution in [3.63, 3.8) is 0 Å². The van der Waals surface area contributed by atoms with Crippen molar-refractivity contribution in [3.05, 3.63) is 35.4 Å². The molecule has 0 saturated heterocycles. The lowest BCUT2D eigenvalue weighted by Crippen LogP contribution is -2.37. The summed E-state index contributed by atoms with van der Waals surface area (Å²) in [5.74, 6) is 0.707. The first-order valence-corrected chi connectivity index (χ1v) is 7.65. The summed E-state index contributed by atoms with van der Waals surface area (Å²) in [6.07, 6.45) is 5.11. The molecule has 3 nitrogen and oxygen atoms in total. The molecule has 1 aliphatic rings. The minimum absolute atomic E-state index is 0. The van der Waals surface area contributed by atoms with Crippen molar-refractivity contribution in [2.75, 3.05) is 13.1 Å². The first kappa shape index (κ1) is 19.1. The van der Waals surface area contributed by atoms with Crippen molar-refractivity contribution >= 4 is 29.9 Å². The van der Waals surface area contributed by atoms with E-state index in [4.69, 9.17) is 0 Å². The second kappa shape index (κ2) is 9.97. The predicted molar refractivity (Wildman–Crippen MR) is 96.5 cm³/mol. The Hall–Kier alpha value is -0.920. The van der Waals surface area contributed by atoms with Crippen LogP contribution in [-0.2, 0) is 6.54 Å². The molecule has 22 heavy (non-hydrogen) atoms. The van der Waals surface area contributed by atoms with Crippen LogP contribution < -0.4 is 10.6 Å². The van der Waals surface area contributed by atoms with Crippen LogP contribution in [0.15, 0.2) is 23.2 Å². The van der Waals surface area contributed by atoms with Crippen LogP contribution in [0.3, 0.4) is 0 Å². The lowest BCUT2D eigenvalue weighted by molar-refractivity contribution is 0.585. The lowest BCUT2D eigenvalue weighted by Gasteiger charge is -2.11. The molecule has 0 aliphatic heterocycles. The molecule has 1 saturated carbocycles. The van der Waals surface area contributed by atoms with E-state index < -0.39 is 11.6 Å². The third-order valence-corrected chi connectivity index (χ3v) is 3.54. The fraction of sp³-hybridized carbons (Fsp3) is 0.562. The average Bonchev–Trinajstić information content (AvgIpc) is 3.28. The zero-order valence-corrected chi connectivity index (χ0v) is 15.2. The van der Waals surface area contributed by atoms with Gasteiger partial charge in [-0.25, -0.2) is 13.8 Å². The standard InChI is InChI=1S/C16H23F2N3.HI/c1-2-19-16(20-9-3-4-12-5-6-12)21-11-13-10-14(17)7-8-15(13)18;/h7-8,10,12H,2-6,9,11H2,1H3,(H2,19,20,21);1H. The van der Waals surface area contributed by atoms with Gasteiger partial charge >= 0.3 is 0 Å². The van der Waals surface area contributed by atoms with E-state index in [1.54, 1.807) is 0 Å². The summed E-state index contributed by atoms with van der Waals surface area (Å²) in [7, 11) is 0. The lowest BCUT2D eigenvalue weighted by atomic mass is 10.2. The zero-order chi connectivity index (χ0) is 15.1. The van der Waals surface area contributed by atoms with Crippen molar-refractivity contribution in [3.8, 4) is 0 Å². The monoisotopic (exact) mass is 423 g/mol. The molecule has 0 amide bonds. The van der Waals surface area contributed by atoms with Crippen molar-refractivity contribution in [1.82, 2.24) is 10.6 Å². The molecular formula is C16H24F2IN3. The second-order valence-corrected chi connectivity index (χ2v) is 5.44. The fourth-order valence-corrected chi connectivity index (χ4v) is 2.17. The Kier molecular flexibility index (Phi) is 8.67. The van der Waals surface area contributed by atoms with Gasteiger partial charge in [0.15, 0.2) is 5.96 Å². The third-order valence-electron chi connectivity index (χ3n) is 3.54. The maximum absolute atomic E-state index is 13.5. The molecule has 0 heterocycles. The van der Waals surface area contributed by atoms with Crippen LogP contribution in [0.4, 0.5) is 8.78 Å². The summed E-state index contributed by atoms with van der Waals surface area (Å²) in [5.41, 5.74) is 0.269. The largest absolute Gasteiger partial charge is 0.357 e.